The zero-order valence-electron chi connectivity index (χ0n) is 21.3. The van der Waals surface area contributed by atoms with E-state index in [0.717, 1.165) is 35.8 Å². The van der Waals surface area contributed by atoms with Crippen LogP contribution >= 0.6 is 0 Å². The summed E-state index contributed by atoms with van der Waals surface area (Å²) in [5.41, 5.74) is 3.93. The van der Waals surface area contributed by atoms with E-state index in [4.69, 9.17) is 4.74 Å². The van der Waals surface area contributed by atoms with Gasteiger partial charge in [0, 0.05) is 43.1 Å². The van der Waals surface area contributed by atoms with Crippen molar-refractivity contribution in [2.24, 2.45) is 0 Å². The topological polar surface area (TPSA) is 61.9 Å². The molecule has 6 heteroatoms. The molecule has 2 fully saturated rings. The van der Waals surface area contributed by atoms with Crippen molar-refractivity contribution in [1.29, 1.82) is 0 Å². The molecular formula is C31H35N3O3. The molecule has 0 radical (unpaired) electrons. The molecule has 0 unspecified atom stereocenters. The van der Waals surface area contributed by atoms with Gasteiger partial charge in [0.15, 0.2) is 6.61 Å². The first kappa shape index (κ1) is 24.9. The van der Waals surface area contributed by atoms with Crippen LogP contribution in [0.3, 0.4) is 0 Å². The normalized spacial score (nSPS) is 16.3. The summed E-state index contributed by atoms with van der Waals surface area (Å²) in [5, 5.41) is 2.91. The first-order valence-electron chi connectivity index (χ1n) is 13.4. The minimum absolute atomic E-state index is 0.0259. The largest absolute Gasteiger partial charge is 0.484 e. The highest BCUT2D eigenvalue weighted by molar-refractivity contribution is 5.94. The van der Waals surface area contributed by atoms with E-state index in [2.05, 4.69) is 22.3 Å². The first-order valence-corrected chi connectivity index (χ1v) is 13.4. The number of rotatable bonds is 7. The molecular weight excluding hydrogens is 462 g/mol. The van der Waals surface area contributed by atoms with E-state index < -0.39 is 0 Å². The van der Waals surface area contributed by atoms with Crippen molar-refractivity contribution in [3.63, 3.8) is 0 Å². The molecule has 0 aromatic heterocycles. The van der Waals surface area contributed by atoms with Crippen LogP contribution in [-0.4, -0.2) is 49.5 Å². The molecule has 3 aromatic rings. The number of benzene rings is 3. The smallest absolute Gasteiger partial charge is 0.262 e. The first-order chi connectivity index (χ1) is 18.2. The molecule has 6 nitrogen and oxygen atoms in total. The molecule has 1 heterocycles. The molecule has 3 aromatic carbocycles. The van der Waals surface area contributed by atoms with Crippen LogP contribution in [0.25, 0.3) is 0 Å². The number of anilines is 2. The number of nitrogens with zero attached hydrogens (tertiary/aromatic N) is 2. The van der Waals surface area contributed by atoms with Gasteiger partial charge < -0.3 is 19.9 Å². The molecule has 5 rings (SSSR count). The summed E-state index contributed by atoms with van der Waals surface area (Å²) in [5.74, 6) is 1.28. The number of carbonyl (C=O) groups excluding carboxylic acids is 2. The van der Waals surface area contributed by atoms with Crippen molar-refractivity contribution in [3.05, 3.63) is 90.0 Å². The number of nitrogens with one attached hydrogen (secondary N) is 1. The van der Waals surface area contributed by atoms with Gasteiger partial charge in [-0.3, -0.25) is 9.59 Å². The van der Waals surface area contributed by atoms with Crippen LogP contribution in [0.5, 0.6) is 5.75 Å². The predicted molar refractivity (Wildman–Crippen MR) is 147 cm³/mol. The number of amides is 2. The van der Waals surface area contributed by atoms with Gasteiger partial charge >= 0.3 is 0 Å². The number of hydrogen-bond acceptors (Lipinski definition) is 4. The van der Waals surface area contributed by atoms with Crippen molar-refractivity contribution in [1.82, 2.24) is 4.90 Å². The van der Waals surface area contributed by atoms with E-state index in [1.165, 1.54) is 37.7 Å². The van der Waals surface area contributed by atoms with E-state index in [0.29, 0.717) is 19.0 Å². The maximum absolute atomic E-state index is 12.7. The summed E-state index contributed by atoms with van der Waals surface area (Å²) in [6.45, 7) is 2.90. The lowest BCUT2D eigenvalue weighted by molar-refractivity contribution is -0.118. The number of ether oxygens (including phenoxy) is 1. The van der Waals surface area contributed by atoms with Crippen LogP contribution in [0.4, 0.5) is 11.4 Å². The van der Waals surface area contributed by atoms with Gasteiger partial charge in [0.1, 0.15) is 5.75 Å². The number of hydrogen-bond donors (Lipinski definition) is 1. The SMILES string of the molecule is O=C(COc1ccc(C2CCCCC2)cc1)Nc1ccc(N2CCN(C(=O)c3ccccc3)CC2)cc1. The van der Waals surface area contributed by atoms with Crippen molar-refractivity contribution in [3.8, 4) is 5.75 Å². The Balaban J connectivity index is 1.06. The average Bonchev–Trinajstić information content (AvgIpc) is 2.97. The molecule has 2 amide bonds. The fraction of sp³-hybridized carbons (Fsp3) is 0.355. The van der Waals surface area contributed by atoms with Crippen molar-refractivity contribution >= 4 is 23.2 Å². The van der Waals surface area contributed by atoms with Gasteiger partial charge in [-0.15, -0.1) is 0 Å². The molecule has 1 aliphatic carbocycles. The zero-order chi connectivity index (χ0) is 25.5. The lowest BCUT2D eigenvalue weighted by Crippen LogP contribution is -2.48. The Bertz CT molecular complexity index is 1160. The fourth-order valence-corrected chi connectivity index (χ4v) is 5.30. The Morgan fingerprint density at radius 2 is 1.46 bits per heavy atom. The van der Waals surface area contributed by atoms with E-state index >= 15 is 0 Å². The Morgan fingerprint density at radius 1 is 0.784 bits per heavy atom. The summed E-state index contributed by atoms with van der Waals surface area (Å²) in [4.78, 5) is 29.3. The third kappa shape index (κ3) is 6.50. The van der Waals surface area contributed by atoms with Crippen LogP contribution in [0, 0.1) is 0 Å². The summed E-state index contributed by atoms with van der Waals surface area (Å²) in [6.07, 6.45) is 6.52. The third-order valence-corrected chi connectivity index (χ3v) is 7.43. The molecule has 192 valence electrons. The number of piperazine rings is 1. The third-order valence-electron chi connectivity index (χ3n) is 7.43. The van der Waals surface area contributed by atoms with Crippen molar-refractivity contribution < 1.29 is 14.3 Å². The van der Waals surface area contributed by atoms with Gasteiger partial charge in [-0.1, -0.05) is 49.6 Å². The Hall–Kier alpha value is -3.80. The van der Waals surface area contributed by atoms with Crippen LogP contribution in [0.1, 0.15) is 53.9 Å². The summed E-state index contributed by atoms with van der Waals surface area (Å²) in [7, 11) is 0. The highest BCUT2D eigenvalue weighted by atomic mass is 16.5. The second kappa shape index (κ2) is 12.0. The van der Waals surface area contributed by atoms with Gasteiger partial charge in [-0.25, -0.2) is 0 Å². The maximum Gasteiger partial charge on any atom is 0.262 e. The standard InChI is InChI=1S/C31H35N3O3/c35-30(23-37-29-17-11-25(12-18-29)24-7-3-1-4-8-24)32-27-13-15-28(16-14-27)33-19-21-34(22-20-33)31(36)26-9-5-2-6-10-26/h2,5-6,9-18,24H,1,3-4,7-8,19-23H2,(H,32,35). The van der Waals surface area contributed by atoms with Crippen LogP contribution in [0.2, 0.25) is 0 Å². The van der Waals surface area contributed by atoms with E-state index in [9.17, 15) is 9.59 Å². The van der Waals surface area contributed by atoms with Crippen LogP contribution in [-0.2, 0) is 4.79 Å². The minimum atomic E-state index is -0.183. The second-order valence-electron chi connectivity index (χ2n) is 9.93. The van der Waals surface area contributed by atoms with Gasteiger partial charge in [-0.05, 0) is 72.9 Å². The van der Waals surface area contributed by atoms with E-state index in [1.807, 2.05) is 71.6 Å². The molecule has 1 saturated carbocycles. The molecule has 1 saturated heterocycles. The summed E-state index contributed by atoms with van der Waals surface area (Å²) >= 11 is 0. The highest BCUT2D eigenvalue weighted by Crippen LogP contribution is 2.33. The monoisotopic (exact) mass is 497 g/mol. The lowest BCUT2D eigenvalue weighted by Gasteiger charge is -2.36. The van der Waals surface area contributed by atoms with E-state index in [-0.39, 0.29) is 18.4 Å². The fourth-order valence-electron chi connectivity index (χ4n) is 5.30. The highest BCUT2D eigenvalue weighted by Gasteiger charge is 2.22. The Labute approximate surface area is 219 Å². The minimum Gasteiger partial charge on any atom is -0.484 e. The van der Waals surface area contributed by atoms with Gasteiger partial charge in [-0.2, -0.15) is 0 Å². The average molecular weight is 498 g/mol. The molecule has 0 spiro atoms. The van der Waals surface area contributed by atoms with Gasteiger partial charge in [0.25, 0.3) is 11.8 Å². The second-order valence-corrected chi connectivity index (χ2v) is 9.93. The van der Waals surface area contributed by atoms with Crippen molar-refractivity contribution in [2.75, 3.05) is 43.0 Å². The lowest BCUT2D eigenvalue weighted by atomic mass is 9.84. The predicted octanol–water partition coefficient (Wildman–Crippen LogP) is 5.71. The zero-order valence-corrected chi connectivity index (χ0v) is 21.3. The van der Waals surface area contributed by atoms with Crippen molar-refractivity contribution in [2.45, 2.75) is 38.0 Å². The molecule has 0 atom stereocenters. The van der Waals surface area contributed by atoms with Gasteiger partial charge in [0.2, 0.25) is 0 Å². The number of carbonyl (C=O) groups is 2. The molecule has 2 aliphatic rings. The van der Waals surface area contributed by atoms with Crippen LogP contribution in [0.15, 0.2) is 78.9 Å². The quantitative estimate of drug-likeness (QED) is 0.454. The van der Waals surface area contributed by atoms with Crippen LogP contribution < -0.4 is 15.0 Å². The molecule has 1 aliphatic heterocycles. The summed E-state index contributed by atoms with van der Waals surface area (Å²) in [6, 6.07) is 25.5. The Morgan fingerprint density at radius 3 is 2.14 bits per heavy atom. The molecule has 0 bridgehead atoms. The Kier molecular flexibility index (Phi) is 8.04. The van der Waals surface area contributed by atoms with E-state index in [1.54, 1.807) is 0 Å². The van der Waals surface area contributed by atoms with Gasteiger partial charge in [0.05, 0.1) is 0 Å². The summed E-state index contributed by atoms with van der Waals surface area (Å²) < 4.78 is 5.71. The maximum atomic E-state index is 12.7. The molecule has 37 heavy (non-hydrogen) atoms. The molecule has 1 N–H and O–H groups in total.